The molecule has 1 heterocycles. The first kappa shape index (κ1) is 17.0. The van der Waals surface area contributed by atoms with E-state index in [1.807, 2.05) is 0 Å². The van der Waals surface area contributed by atoms with Crippen LogP contribution >= 0.6 is 0 Å². The molecule has 8 heteroatoms. The van der Waals surface area contributed by atoms with Gasteiger partial charge in [-0.05, 0) is 6.08 Å². The highest BCUT2D eigenvalue weighted by molar-refractivity contribution is 5.84. The van der Waals surface area contributed by atoms with Crippen molar-refractivity contribution in [3.63, 3.8) is 0 Å². The van der Waals surface area contributed by atoms with Gasteiger partial charge in [-0.3, -0.25) is 4.79 Å². The zero-order chi connectivity index (χ0) is 14.3. The van der Waals surface area contributed by atoms with Crippen LogP contribution in [0.2, 0.25) is 0 Å². The van der Waals surface area contributed by atoms with Crippen molar-refractivity contribution in [3.05, 3.63) is 12.7 Å². The third kappa shape index (κ3) is 4.69. The van der Waals surface area contributed by atoms with Crippen LogP contribution in [0.1, 0.15) is 0 Å². The number of carbonyl (C=O) groups is 1. The van der Waals surface area contributed by atoms with Gasteiger partial charge in [0.05, 0.1) is 6.61 Å². The number of hydrogen-bond donors (Lipinski definition) is 5. The fourth-order valence-corrected chi connectivity index (χ4v) is 1.35. The van der Waals surface area contributed by atoms with Crippen molar-refractivity contribution < 1.29 is 34.7 Å². The molecular weight excluding hydrogens is 246 g/mol. The van der Waals surface area contributed by atoms with Gasteiger partial charge in [-0.25, -0.2) is 0 Å². The molecule has 0 aromatic carbocycles. The fraction of sp³-hybridized carbons (Fsp3) is 0.700. The summed E-state index contributed by atoms with van der Waals surface area (Å²) in [4.78, 5) is 9.47. The summed E-state index contributed by atoms with van der Waals surface area (Å²) in [6.07, 6.45) is -4.70. The predicted molar refractivity (Wildman–Crippen MR) is 60.2 cm³/mol. The topological polar surface area (TPSA) is 142 Å². The van der Waals surface area contributed by atoms with Crippen molar-refractivity contribution in [2.24, 2.45) is 5.73 Å². The van der Waals surface area contributed by atoms with Crippen LogP contribution in [-0.4, -0.2) is 70.8 Å². The summed E-state index contributed by atoms with van der Waals surface area (Å²) in [6.45, 7) is 2.65. The largest absolute Gasteiger partial charge is 0.394 e. The highest BCUT2D eigenvalue weighted by Crippen LogP contribution is 2.21. The molecule has 1 aliphatic heterocycles. The molecule has 18 heavy (non-hydrogen) atoms. The minimum atomic E-state index is -1.44. The van der Waals surface area contributed by atoms with Crippen LogP contribution in [-0.2, 0) is 14.3 Å². The number of aliphatic hydroxyl groups excluding tert-OH is 4. The van der Waals surface area contributed by atoms with E-state index in [-0.39, 0.29) is 0 Å². The molecule has 6 N–H and O–H groups in total. The molecule has 0 radical (unpaired) electrons. The van der Waals surface area contributed by atoms with Crippen LogP contribution < -0.4 is 5.73 Å². The van der Waals surface area contributed by atoms with E-state index in [1.54, 1.807) is 0 Å². The van der Waals surface area contributed by atoms with Gasteiger partial charge in [-0.15, -0.1) is 0 Å². The van der Waals surface area contributed by atoms with Crippen molar-refractivity contribution in [2.75, 3.05) is 13.7 Å². The SMILES string of the molecule is C=CC(N)=O.CO[C@H]1[C@H](O)[C@@H](CO)OC(O)[C@@H]1O. The van der Waals surface area contributed by atoms with Crippen LogP contribution in [0.15, 0.2) is 12.7 Å². The van der Waals surface area contributed by atoms with Crippen LogP contribution in [0.4, 0.5) is 0 Å². The maximum atomic E-state index is 9.47. The van der Waals surface area contributed by atoms with Gasteiger partial charge >= 0.3 is 0 Å². The summed E-state index contributed by atoms with van der Waals surface area (Å²) in [5.74, 6) is -0.481. The summed E-state index contributed by atoms with van der Waals surface area (Å²) >= 11 is 0. The van der Waals surface area contributed by atoms with Crippen molar-refractivity contribution in [3.8, 4) is 0 Å². The molecule has 1 rings (SSSR count). The number of rotatable bonds is 3. The molecule has 1 fully saturated rings. The molecule has 5 atom stereocenters. The molecule has 0 aromatic rings. The number of amides is 1. The van der Waals surface area contributed by atoms with Crippen molar-refractivity contribution in [2.45, 2.75) is 30.7 Å². The van der Waals surface area contributed by atoms with Gasteiger partial charge in [0, 0.05) is 7.11 Å². The zero-order valence-electron chi connectivity index (χ0n) is 9.97. The Balaban J connectivity index is 0.000000494. The third-order valence-electron chi connectivity index (χ3n) is 2.31. The lowest BCUT2D eigenvalue weighted by Crippen LogP contribution is -2.59. The molecule has 0 saturated carbocycles. The second-order valence-corrected chi connectivity index (χ2v) is 3.54. The lowest BCUT2D eigenvalue weighted by atomic mass is 9.99. The molecule has 1 unspecified atom stereocenters. The van der Waals surface area contributed by atoms with E-state index >= 15 is 0 Å². The number of aliphatic hydroxyl groups is 4. The van der Waals surface area contributed by atoms with Crippen LogP contribution in [0.3, 0.4) is 0 Å². The third-order valence-corrected chi connectivity index (χ3v) is 2.31. The molecule has 106 valence electrons. The van der Waals surface area contributed by atoms with E-state index < -0.39 is 43.2 Å². The lowest BCUT2D eigenvalue weighted by molar-refractivity contribution is -0.290. The van der Waals surface area contributed by atoms with Gasteiger partial charge in [-0.2, -0.15) is 0 Å². The number of hydrogen-bond acceptors (Lipinski definition) is 7. The minimum absolute atomic E-state index is 0.440. The van der Waals surface area contributed by atoms with Gasteiger partial charge in [0.15, 0.2) is 6.29 Å². The summed E-state index contributed by atoms with van der Waals surface area (Å²) < 4.78 is 9.48. The van der Waals surface area contributed by atoms with Crippen molar-refractivity contribution >= 4 is 5.91 Å². The minimum Gasteiger partial charge on any atom is -0.394 e. The predicted octanol–water partition coefficient (Wildman–Crippen LogP) is -2.91. The number of ether oxygens (including phenoxy) is 2. The smallest absolute Gasteiger partial charge is 0.240 e. The number of primary amides is 1. The van der Waals surface area contributed by atoms with Gasteiger partial charge in [0.1, 0.15) is 24.4 Å². The summed E-state index contributed by atoms with van der Waals surface area (Å²) in [5.41, 5.74) is 4.53. The first-order valence-electron chi connectivity index (χ1n) is 5.14. The molecule has 0 aliphatic carbocycles. The standard InChI is InChI=1S/C7H14O6.C3H5NO/c1-12-6-4(9)3(2-8)13-7(11)5(6)10;1-2-3(4)5/h3-11H,2H2,1H3;2H,1H2,(H2,4,5)/t3-,4-,5-,6+,7?;/m1./s1. The van der Waals surface area contributed by atoms with E-state index in [2.05, 4.69) is 12.3 Å². The fourth-order valence-electron chi connectivity index (χ4n) is 1.35. The molecular formula is C10H19NO7. The van der Waals surface area contributed by atoms with Gasteiger partial charge in [-0.1, -0.05) is 6.58 Å². The highest BCUT2D eigenvalue weighted by Gasteiger charge is 2.43. The lowest BCUT2D eigenvalue weighted by Gasteiger charge is -2.39. The number of nitrogens with two attached hydrogens (primary N) is 1. The van der Waals surface area contributed by atoms with E-state index in [4.69, 9.17) is 19.7 Å². The second kappa shape index (κ2) is 8.14. The van der Waals surface area contributed by atoms with E-state index in [0.717, 1.165) is 6.08 Å². The van der Waals surface area contributed by atoms with Crippen molar-refractivity contribution in [1.82, 2.24) is 0 Å². The average molecular weight is 265 g/mol. The van der Waals surface area contributed by atoms with E-state index in [1.165, 1.54) is 7.11 Å². The number of methoxy groups -OCH3 is 1. The highest BCUT2D eigenvalue weighted by atomic mass is 16.6. The van der Waals surface area contributed by atoms with Gasteiger partial charge < -0.3 is 35.6 Å². The Morgan fingerprint density at radius 2 is 1.94 bits per heavy atom. The average Bonchev–Trinajstić information content (AvgIpc) is 2.35. The van der Waals surface area contributed by atoms with Gasteiger partial charge in [0.2, 0.25) is 5.91 Å². The normalized spacial score (nSPS) is 35.3. The quantitative estimate of drug-likeness (QED) is 0.344. The number of carbonyl (C=O) groups excluding carboxylic acids is 1. The Bertz CT molecular complexity index is 273. The van der Waals surface area contributed by atoms with E-state index in [0.29, 0.717) is 0 Å². The molecule has 1 amide bonds. The van der Waals surface area contributed by atoms with Gasteiger partial charge in [0.25, 0.3) is 0 Å². The van der Waals surface area contributed by atoms with E-state index in [9.17, 15) is 15.0 Å². The first-order valence-corrected chi connectivity index (χ1v) is 5.14. The van der Waals surface area contributed by atoms with Crippen LogP contribution in [0.5, 0.6) is 0 Å². The molecule has 0 aromatic heterocycles. The molecule has 0 spiro atoms. The molecule has 0 bridgehead atoms. The Morgan fingerprint density at radius 3 is 2.28 bits per heavy atom. The molecule has 1 saturated heterocycles. The first-order chi connectivity index (χ1) is 8.38. The summed E-state index contributed by atoms with van der Waals surface area (Å²) in [7, 11) is 1.30. The second-order valence-electron chi connectivity index (χ2n) is 3.54. The Hall–Kier alpha value is -1.03. The maximum absolute atomic E-state index is 9.47. The monoisotopic (exact) mass is 265 g/mol. The Morgan fingerprint density at radius 1 is 1.44 bits per heavy atom. The van der Waals surface area contributed by atoms with Crippen molar-refractivity contribution in [1.29, 1.82) is 0 Å². The van der Waals surface area contributed by atoms with Crippen LogP contribution in [0.25, 0.3) is 0 Å². The van der Waals surface area contributed by atoms with Crippen LogP contribution in [0, 0.1) is 0 Å². The molecule has 1 aliphatic rings. The maximum Gasteiger partial charge on any atom is 0.240 e. The summed E-state index contributed by atoms with van der Waals surface area (Å²) in [6, 6.07) is 0. The summed E-state index contributed by atoms with van der Waals surface area (Å²) in [5, 5.41) is 36.6. The molecule has 8 nitrogen and oxygen atoms in total. The Kier molecular flexibility index (Phi) is 7.67. The Labute approximate surface area is 104 Å². The zero-order valence-corrected chi connectivity index (χ0v) is 9.97.